The lowest BCUT2D eigenvalue weighted by Crippen LogP contribution is -2.19. The first kappa shape index (κ1) is 62.8. The van der Waals surface area contributed by atoms with Crippen LogP contribution in [0.5, 0.6) is 0 Å². The average molecular weight is 1250 g/mol. The Hall–Kier alpha value is -9.96. The molecule has 2 aromatic heterocycles. The fourth-order valence-electron chi connectivity index (χ4n) is 13.5. The van der Waals surface area contributed by atoms with E-state index in [0.29, 0.717) is 38.5 Å². The summed E-state index contributed by atoms with van der Waals surface area (Å²) in [5.74, 6) is 1.20. The molecule has 0 saturated heterocycles. The standard InChI is InChI=1S/C78H84N12O4/c1-5-7-9-11-13-21-51-57-29-31-61(81-57)53-23-15-17-49-93-73(91)27-19-25-55-63-35-33-59(83-63)52(22-14-12-10-8-6-2)60-34-36-64(84-60)56(68-40-44-72(88-68)76(71-43-39-67(55)87-71)78-80-46-48-90(78)4)26-20-28-74(92)94-50-18-16-24-54(62-32-30-58(51)82-62)66-38-42-70(86-66)75(69-41-37-65(53)85-69)77-79-45-47-89(77)3/h15-18,29-48,79-80,85,87H,5-14,19-28,49-50H2,1-4H3/b17-15-,18-16?,58-51?,60-52?,61-53?,63-55?,66-54?,68-56?,77-75-,78-76+. The average Bonchev–Trinajstić information content (AvgIpc) is 1.69. The Morgan fingerprint density at radius 1 is 0.404 bits per heavy atom. The predicted octanol–water partition coefficient (Wildman–Crippen LogP) is 16.0. The number of esters is 2. The number of nitrogens with one attached hydrogen (secondary N) is 4. The summed E-state index contributed by atoms with van der Waals surface area (Å²) in [5, 5.41) is 6.97. The number of hydrogen-bond acceptors (Lipinski definition) is 14. The van der Waals surface area contributed by atoms with Crippen molar-refractivity contribution in [3.63, 3.8) is 0 Å². The van der Waals surface area contributed by atoms with Gasteiger partial charge >= 0.3 is 11.9 Å². The number of nitrogens with zero attached hydrogens (tertiary/aromatic N) is 8. The highest BCUT2D eigenvalue weighted by molar-refractivity contribution is 6.32. The van der Waals surface area contributed by atoms with E-state index in [0.717, 1.165) is 186 Å². The van der Waals surface area contributed by atoms with E-state index in [4.69, 9.17) is 39.4 Å². The number of rotatable bonds is 12. The first-order valence-corrected chi connectivity index (χ1v) is 34.0. The van der Waals surface area contributed by atoms with Gasteiger partial charge in [0, 0.05) is 96.6 Å². The van der Waals surface area contributed by atoms with Gasteiger partial charge in [0.15, 0.2) is 0 Å². The van der Waals surface area contributed by atoms with Crippen LogP contribution in [0.3, 0.4) is 0 Å². The number of unbranched alkanes of at least 4 members (excludes halogenated alkanes) is 8. The SMILES string of the molecule is CCCCCCCC1=C2C=CC(=N2)C2=C3C=CC(=N3)/C(=C3/NC=CN3C)c3ccc([nH]3)C(=C3C=CC1=N3)C/C=C\COC(=O)CCCC1=C3C=CC(=N3)C(CCCCCCC)=C3C=CC(=N3)C(=C3C=CC(=N3)/C(=C3\NC=CN3C)c3ccc1[nH]3)CCCC(=O)OCC=CC2. The summed E-state index contributed by atoms with van der Waals surface area (Å²) >= 11 is 0. The van der Waals surface area contributed by atoms with E-state index >= 15 is 0 Å². The van der Waals surface area contributed by atoms with Crippen LogP contribution in [0, 0.1) is 0 Å². The van der Waals surface area contributed by atoms with E-state index in [1.807, 2.05) is 51.0 Å². The second-order valence-corrected chi connectivity index (χ2v) is 25.1. The summed E-state index contributed by atoms with van der Waals surface area (Å²) in [7, 11) is 4.04. The molecule has 0 spiro atoms. The zero-order valence-electron chi connectivity index (χ0n) is 54.6. The minimum absolute atomic E-state index is 0.117. The number of ether oxygens (including phenoxy) is 2. The van der Waals surface area contributed by atoms with Gasteiger partial charge < -0.3 is 39.9 Å². The smallest absolute Gasteiger partial charge is 0.306 e. The molecule has 0 radical (unpaired) electrons. The molecule has 0 amide bonds. The number of aromatic amines is 2. The molecule has 0 atom stereocenters. The molecular weight excluding hydrogens is 1170 g/mol. The zero-order valence-corrected chi connectivity index (χ0v) is 54.6. The van der Waals surface area contributed by atoms with E-state index in [1.54, 1.807) is 0 Å². The molecule has 14 heterocycles. The third kappa shape index (κ3) is 14.0. The number of carbonyl (C=O) groups excluding carboxylic acids is 2. The number of H-pyrrole nitrogens is 2. The number of carbonyl (C=O) groups is 2. The molecule has 20 bridgehead atoms. The Morgan fingerprint density at radius 3 is 1.31 bits per heavy atom. The third-order valence-corrected chi connectivity index (χ3v) is 18.6. The number of fused-ring (bicyclic) bond motifs is 17. The van der Waals surface area contributed by atoms with Crippen molar-refractivity contribution in [2.45, 2.75) is 142 Å². The minimum atomic E-state index is -0.280. The molecule has 0 unspecified atom stereocenters. The second-order valence-electron chi connectivity index (χ2n) is 25.1. The first-order valence-electron chi connectivity index (χ1n) is 34.0. The summed E-state index contributed by atoms with van der Waals surface area (Å²) in [6.07, 6.45) is 57.7. The number of allylic oxidation sites excluding steroid dienone is 22. The number of hydrogen-bond donors (Lipinski definition) is 4. The number of aromatic nitrogens is 2. The van der Waals surface area contributed by atoms with Gasteiger partial charge in [0.1, 0.15) is 24.9 Å². The summed E-state index contributed by atoms with van der Waals surface area (Å²) in [5.41, 5.74) is 21.6. The highest BCUT2D eigenvalue weighted by Crippen LogP contribution is 2.39. The maximum absolute atomic E-state index is 13.8. The van der Waals surface area contributed by atoms with Crippen molar-refractivity contribution in [3.8, 4) is 0 Å². The van der Waals surface area contributed by atoms with Gasteiger partial charge in [-0.3, -0.25) is 9.59 Å². The molecule has 12 aliphatic heterocycles. The van der Waals surface area contributed by atoms with Crippen molar-refractivity contribution < 1.29 is 19.1 Å². The normalized spacial score (nSPS) is 22.5. The van der Waals surface area contributed by atoms with Crippen molar-refractivity contribution in [2.24, 2.45) is 30.0 Å². The van der Waals surface area contributed by atoms with Crippen LogP contribution in [0.15, 0.2) is 244 Å². The van der Waals surface area contributed by atoms with Crippen molar-refractivity contribution in [1.29, 1.82) is 0 Å². The molecule has 94 heavy (non-hydrogen) atoms. The van der Waals surface area contributed by atoms with Crippen molar-refractivity contribution in [1.82, 2.24) is 30.4 Å². The van der Waals surface area contributed by atoms with Crippen LogP contribution in [0.1, 0.15) is 165 Å². The maximum atomic E-state index is 13.8. The molecule has 4 N–H and O–H groups in total. The van der Waals surface area contributed by atoms with Crippen LogP contribution in [-0.4, -0.2) is 93.3 Å². The summed E-state index contributed by atoms with van der Waals surface area (Å²) in [6, 6.07) is 8.46. The largest absolute Gasteiger partial charge is 0.461 e. The Balaban J connectivity index is 0.880. The fraction of sp³-hybridized carbons (Fsp3) is 0.333. The van der Waals surface area contributed by atoms with Crippen LogP contribution in [-0.2, 0) is 19.1 Å². The maximum Gasteiger partial charge on any atom is 0.306 e. The molecule has 16 nitrogen and oxygen atoms in total. The van der Waals surface area contributed by atoms with Gasteiger partial charge in [-0.2, -0.15) is 0 Å². The van der Waals surface area contributed by atoms with Crippen LogP contribution in [0.25, 0.3) is 22.3 Å². The minimum Gasteiger partial charge on any atom is -0.461 e. The molecular formula is C78H84N12O4. The van der Waals surface area contributed by atoms with Gasteiger partial charge in [-0.25, -0.2) is 30.0 Å². The molecule has 0 saturated carbocycles. The fourth-order valence-corrected chi connectivity index (χ4v) is 13.5. The van der Waals surface area contributed by atoms with Gasteiger partial charge in [0.2, 0.25) is 0 Å². The van der Waals surface area contributed by atoms with Crippen LogP contribution in [0.2, 0.25) is 0 Å². The third-order valence-electron chi connectivity index (χ3n) is 18.6. The Kier molecular flexibility index (Phi) is 19.6. The van der Waals surface area contributed by atoms with E-state index in [2.05, 4.69) is 154 Å². The van der Waals surface area contributed by atoms with Crippen LogP contribution < -0.4 is 10.6 Å². The molecule has 480 valence electrons. The second kappa shape index (κ2) is 29.3. The summed E-state index contributed by atoms with van der Waals surface area (Å²) in [4.78, 5) is 72.0. The molecule has 2 aromatic rings. The van der Waals surface area contributed by atoms with E-state index < -0.39 is 0 Å². The van der Waals surface area contributed by atoms with Crippen molar-refractivity contribution in [2.75, 3.05) is 27.3 Å². The lowest BCUT2D eigenvalue weighted by atomic mass is 10.00. The van der Waals surface area contributed by atoms with E-state index in [-0.39, 0.29) is 38.0 Å². The van der Waals surface area contributed by atoms with E-state index in [1.165, 1.54) is 38.5 Å². The lowest BCUT2D eigenvalue weighted by molar-refractivity contribution is -0.143. The highest BCUT2D eigenvalue weighted by atomic mass is 16.5. The Bertz CT molecular complexity index is 4230. The molecule has 14 rings (SSSR count). The summed E-state index contributed by atoms with van der Waals surface area (Å²) in [6.45, 7) is 4.73. The molecule has 0 fully saturated rings. The molecule has 0 aromatic carbocycles. The zero-order chi connectivity index (χ0) is 64.3. The highest BCUT2D eigenvalue weighted by Gasteiger charge is 2.30. The monoisotopic (exact) mass is 1250 g/mol. The topological polar surface area (TPSA) is 189 Å². The predicted molar refractivity (Wildman–Crippen MR) is 381 cm³/mol. The van der Waals surface area contributed by atoms with Gasteiger partial charge in [-0.15, -0.1) is 0 Å². The quantitative estimate of drug-likeness (QED) is 0.0917. The van der Waals surface area contributed by atoms with Gasteiger partial charge in [-0.05, 0) is 161 Å². The van der Waals surface area contributed by atoms with Crippen LogP contribution >= 0.6 is 0 Å². The van der Waals surface area contributed by atoms with Gasteiger partial charge in [0.25, 0.3) is 0 Å². The van der Waals surface area contributed by atoms with Crippen molar-refractivity contribution in [3.05, 3.63) is 237 Å². The number of aliphatic imine (C=N–C) groups is 6. The van der Waals surface area contributed by atoms with Crippen LogP contribution in [0.4, 0.5) is 0 Å². The van der Waals surface area contributed by atoms with E-state index in [9.17, 15) is 9.59 Å². The van der Waals surface area contributed by atoms with Crippen molar-refractivity contribution >= 4 is 68.5 Å². The Labute approximate surface area is 552 Å². The Morgan fingerprint density at radius 2 is 0.798 bits per heavy atom. The lowest BCUT2D eigenvalue weighted by Gasteiger charge is -2.17. The van der Waals surface area contributed by atoms with Gasteiger partial charge in [0.05, 0.1) is 91.0 Å². The van der Waals surface area contributed by atoms with Gasteiger partial charge in [-0.1, -0.05) is 89.5 Å². The summed E-state index contributed by atoms with van der Waals surface area (Å²) < 4.78 is 12.0. The molecule has 0 aliphatic carbocycles. The molecule has 16 heteroatoms. The first-order chi connectivity index (χ1) is 46.2. The molecule has 12 aliphatic rings.